The zero-order valence-electron chi connectivity index (χ0n) is 8.64. The average molecular weight is 167 g/mol. The fourth-order valence-electron chi connectivity index (χ4n) is 2.69. The Morgan fingerprint density at radius 2 is 1.92 bits per heavy atom. The molecular formula is C11H21N. The van der Waals surface area contributed by atoms with Crippen LogP contribution < -0.4 is 0 Å². The summed E-state index contributed by atoms with van der Waals surface area (Å²) in [6.07, 6.45) is 2.95. The Hall–Kier alpha value is -0.0400. The highest BCUT2D eigenvalue weighted by Gasteiger charge is 2.37. The largest absolute Gasteiger partial charge is 0.303 e. The standard InChI is InChI=1S/C11H21N/c1-11(2,3)10-6-9-4-5-12(7-9)8-10/h9-10H,4-8H2,1-3H3/t9?,10-/m1/s1. The van der Waals surface area contributed by atoms with Crippen molar-refractivity contribution in [2.75, 3.05) is 19.6 Å². The van der Waals surface area contributed by atoms with Crippen molar-refractivity contribution in [2.24, 2.45) is 17.3 Å². The van der Waals surface area contributed by atoms with Crippen LogP contribution in [0.25, 0.3) is 0 Å². The van der Waals surface area contributed by atoms with Gasteiger partial charge in [0.25, 0.3) is 0 Å². The van der Waals surface area contributed by atoms with Gasteiger partial charge in [0.05, 0.1) is 0 Å². The van der Waals surface area contributed by atoms with Crippen molar-refractivity contribution in [3.05, 3.63) is 0 Å². The van der Waals surface area contributed by atoms with Gasteiger partial charge in [-0.05, 0) is 36.6 Å². The van der Waals surface area contributed by atoms with Crippen LogP contribution in [-0.2, 0) is 0 Å². The molecule has 1 nitrogen and oxygen atoms in total. The van der Waals surface area contributed by atoms with Crippen LogP contribution in [0, 0.1) is 17.3 Å². The molecule has 0 aromatic rings. The van der Waals surface area contributed by atoms with Crippen molar-refractivity contribution in [3.8, 4) is 0 Å². The average Bonchev–Trinajstić information content (AvgIpc) is 2.28. The lowest BCUT2D eigenvalue weighted by atomic mass is 9.74. The number of nitrogens with zero attached hydrogens (tertiary/aromatic N) is 1. The predicted molar refractivity (Wildman–Crippen MR) is 52.1 cm³/mol. The summed E-state index contributed by atoms with van der Waals surface area (Å²) in [6.45, 7) is 11.3. The van der Waals surface area contributed by atoms with Crippen molar-refractivity contribution in [1.29, 1.82) is 0 Å². The molecule has 2 aliphatic rings. The van der Waals surface area contributed by atoms with Gasteiger partial charge in [-0.1, -0.05) is 20.8 Å². The molecule has 0 aromatic heterocycles. The molecule has 0 spiro atoms. The van der Waals surface area contributed by atoms with E-state index >= 15 is 0 Å². The van der Waals surface area contributed by atoms with E-state index in [2.05, 4.69) is 25.7 Å². The Labute approximate surface area is 76.1 Å². The van der Waals surface area contributed by atoms with Crippen LogP contribution in [0.2, 0.25) is 0 Å². The van der Waals surface area contributed by atoms with Crippen molar-refractivity contribution in [3.63, 3.8) is 0 Å². The van der Waals surface area contributed by atoms with Crippen LogP contribution in [0.3, 0.4) is 0 Å². The van der Waals surface area contributed by atoms with Gasteiger partial charge in [-0.15, -0.1) is 0 Å². The van der Waals surface area contributed by atoms with Crippen LogP contribution in [-0.4, -0.2) is 24.5 Å². The summed E-state index contributed by atoms with van der Waals surface area (Å²) in [5.41, 5.74) is 0.529. The smallest absolute Gasteiger partial charge is 0.00149 e. The Morgan fingerprint density at radius 3 is 2.50 bits per heavy atom. The normalized spacial score (nSPS) is 41.8. The zero-order valence-corrected chi connectivity index (χ0v) is 8.64. The lowest BCUT2D eigenvalue weighted by Crippen LogP contribution is -2.39. The molecule has 70 valence electrons. The molecule has 2 saturated heterocycles. The van der Waals surface area contributed by atoms with E-state index in [9.17, 15) is 0 Å². The fraction of sp³-hybridized carbons (Fsp3) is 1.00. The second kappa shape index (κ2) is 2.73. The molecule has 2 heterocycles. The first-order valence-corrected chi connectivity index (χ1v) is 5.28. The second-order valence-electron chi connectivity index (χ2n) is 5.71. The SMILES string of the molecule is CC(C)(C)[C@@H]1CC2CCN(C2)C1. The zero-order chi connectivity index (χ0) is 8.77. The summed E-state index contributed by atoms with van der Waals surface area (Å²) in [4.78, 5) is 2.66. The van der Waals surface area contributed by atoms with Gasteiger partial charge in [-0.25, -0.2) is 0 Å². The van der Waals surface area contributed by atoms with Crippen LogP contribution in [0.15, 0.2) is 0 Å². The quantitative estimate of drug-likeness (QED) is 0.535. The number of piperidine rings is 1. The number of rotatable bonds is 0. The van der Waals surface area contributed by atoms with E-state index in [-0.39, 0.29) is 0 Å². The Balaban J connectivity index is 2.03. The molecule has 2 aliphatic heterocycles. The molecule has 2 bridgehead atoms. The Bertz CT molecular complexity index is 156. The van der Waals surface area contributed by atoms with Gasteiger partial charge >= 0.3 is 0 Å². The van der Waals surface area contributed by atoms with E-state index in [1.807, 2.05) is 0 Å². The van der Waals surface area contributed by atoms with Crippen molar-refractivity contribution >= 4 is 0 Å². The molecule has 0 amide bonds. The third-order valence-electron chi connectivity index (χ3n) is 3.69. The molecule has 2 fully saturated rings. The molecule has 1 heteroatoms. The van der Waals surface area contributed by atoms with Gasteiger partial charge in [-0.3, -0.25) is 0 Å². The van der Waals surface area contributed by atoms with Crippen LogP contribution in [0.4, 0.5) is 0 Å². The summed E-state index contributed by atoms with van der Waals surface area (Å²) in [7, 11) is 0. The summed E-state index contributed by atoms with van der Waals surface area (Å²) >= 11 is 0. The molecule has 0 saturated carbocycles. The minimum atomic E-state index is 0.529. The lowest BCUT2D eigenvalue weighted by Gasteiger charge is -2.38. The lowest BCUT2D eigenvalue weighted by molar-refractivity contribution is 0.111. The maximum absolute atomic E-state index is 2.66. The highest BCUT2D eigenvalue weighted by molar-refractivity contribution is 4.89. The van der Waals surface area contributed by atoms with E-state index in [1.54, 1.807) is 0 Å². The summed E-state index contributed by atoms with van der Waals surface area (Å²) in [5.74, 6) is 1.97. The highest BCUT2D eigenvalue weighted by atomic mass is 15.2. The number of hydrogen-bond acceptors (Lipinski definition) is 1. The van der Waals surface area contributed by atoms with E-state index < -0.39 is 0 Å². The Morgan fingerprint density at radius 1 is 1.17 bits per heavy atom. The van der Waals surface area contributed by atoms with E-state index in [0.29, 0.717) is 5.41 Å². The van der Waals surface area contributed by atoms with E-state index in [4.69, 9.17) is 0 Å². The molecule has 0 aliphatic carbocycles. The molecule has 0 N–H and O–H groups in total. The maximum Gasteiger partial charge on any atom is 0.00149 e. The molecule has 0 aromatic carbocycles. The summed E-state index contributed by atoms with van der Waals surface area (Å²) in [6, 6.07) is 0. The molecule has 2 rings (SSSR count). The molecule has 12 heavy (non-hydrogen) atoms. The minimum absolute atomic E-state index is 0.529. The van der Waals surface area contributed by atoms with E-state index in [0.717, 1.165) is 11.8 Å². The van der Waals surface area contributed by atoms with Gasteiger partial charge < -0.3 is 4.90 Å². The van der Waals surface area contributed by atoms with Crippen LogP contribution in [0.1, 0.15) is 33.6 Å². The van der Waals surface area contributed by atoms with Gasteiger partial charge in [-0.2, -0.15) is 0 Å². The van der Waals surface area contributed by atoms with Gasteiger partial charge in [0.2, 0.25) is 0 Å². The first-order valence-electron chi connectivity index (χ1n) is 5.28. The Kier molecular flexibility index (Phi) is 1.95. The molecule has 0 radical (unpaired) electrons. The third kappa shape index (κ3) is 1.52. The van der Waals surface area contributed by atoms with Gasteiger partial charge in [0.1, 0.15) is 0 Å². The highest BCUT2D eigenvalue weighted by Crippen LogP contribution is 2.39. The van der Waals surface area contributed by atoms with Crippen LogP contribution >= 0.6 is 0 Å². The molecular weight excluding hydrogens is 146 g/mol. The third-order valence-corrected chi connectivity index (χ3v) is 3.69. The van der Waals surface area contributed by atoms with Crippen LogP contribution in [0.5, 0.6) is 0 Å². The predicted octanol–water partition coefficient (Wildman–Crippen LogP) is 2.37. The summed E-state index contributed by atoms with van der Waals surface area (Å²) < 4.78 is 0. The molecule has 2 unspecified atom stereocenters. The summed E-state index contributed by atoms with van der Waals surface area (Å²) in [5, 5.41) is 0. The van der Waals surface area contributed by atoms with Crippen molar-refractivity contribution in [2.45, 2.75) is 33.6 Å². The number of fused-ring (bicyclic) bond motifs is 2. The fourth-order valence-corrected chi connectivity index (χ4v) is 2.69. The number of hydrogen-bond donors (Lipinski definition) is 0. The van der Waals surface area contributed by atoms with Gasteiger partial charge in [0.15, 0.2) is 0 Å². The van der Waals surface area contributed by atoms with Crippen molar-refractivity contribution in [1.82, 2.24) is 4.90 Å². The monoisotopic (exact) mass is 167 g/mol. The second-order valence-corrected chi connectivity index (χ2v) is 5.71. The maximum atomic E-state index is 2.66. The minimum Gasteiger partial charge on any atom is -0.303 e. The first-order chi connectivity index (χ1) is 5.55. The van der Waals surface area contributed by atoms with E-state index in [1.165, 1.54) is 32.5 Å². The first kappa shape index (κ1) is 8.55. The van der Waals surface area contributed by atoms with Gasteiger partial charge in [0, 0.05) is 13.1 Å². The topological polar surface area (TPSA) is 3.24 Å². The molecule has 3 atom stereocenters. The van der Waals surface area contributed by atoms with Crippen molar-refractivity contribution < 1.29 is 0 Å².